The number of nitro groups is 1. The molecule has 27 heavy (non-hydrogen) atoms. The van der Waals surface area contributed by atoms with Crippen molar-refractivity contribution < 1.29 is 9.72 Å². The highest BCUT2D eigenvalue weighted by atomic mass is 16.6. The van der Waals surface area contributed by atoms with E-state index >= 15 is 0 Å². The molecule has 0 aliphatic rings. The third kappa shape index (κ3) is 4.03. The molecule has 0 spiro atoms. The van der Waals surface area contributed by atoms with Gasteiger partial charge < -0.3 is 5.32 Å². The van der Waals surface area contributed by atoms with E-state index < -0.39 is 4.92 Å². The molecule has 0 saturated heterocycles. The third-order valence-electron chi connectivity index (χ3n) is 4.39. The van der Waals surface area contributed by atoms with Crippen LogP contribution in [0.25, 0.3) is 11.1 Å². The van der Waals surface area contributed by atoms with Crippen LogP contribution in [0.2, 0.25) is 0 Å². The Balaban J connectivity index is 1.60. The molecule has 1 N–H and O–H groups in total. The number of nitrogens with zero attached hydrogens (tertiary/aromatic N) is 3. The lowest BCUT2D eigenvalue weighted by Gasteiger charge is -2.08. The largest absolute Gasteiger partial charge is 0.350 e. The second-order valence-corrected chi connectivity index (χ2v) is 6.20. The molecule has 0 radical (unpaired) electrons. The fourth-order valence-electron chi connectivity index (χ4n) is 2.99. The van der Waals surface area contributed by atoms with Crippen molar-refractivity contribution in [2.45, 2.75) is 20.4 Å². The summed E-state index contributed by atoms with van der Waals surface area (Å²) in [5.74, 6) is -0.189. The Hall–Kier alpha value is -3.48. The first kappa shape index (κ1) is 18.3. The first-order chi connectivity index (χ1) is 13.0. The number of amides is 1. The fourth-order valence-corrected chi connectivity index (χ4v) is 2.99. The number of carbonyl (C=O) groups is 1. The van der Waals surface area contributed by atoms with Crippen molar-refractivity contribution in [1.82, 2.24) is 15.1 Å². The number of hydrogen-bond acceptors (Lipinski definition) is 4. The summed E-state index contributed by atoms with van der Waals surface area (Å²) in [6, 6.07) is 17.3. The van der Waals surface area contributed by atoms with Gasteiger partial charge in [0.05, 0.1) is 11.5 Å². The Labute approximate surface area is 156 Å². The number of nitrogens with one attached hydrogen (secondary N) is 1. The summed E-state index contributed by atoms with van der Waals surface area (Å²) >= 11 is 0. The molecule has 0 saturated carbocycles. The van der Waals surface area contributed by atoms with Gasteiger partial charge in [-0.3, -0.25) is 19.6 Å². The predicted molar refractivity (Wildman–Crippen MR) is 103 cm³/mol. The van der Waals surface area contributed by atoms with E-state index in [9.17, 15) is 14.9 Å². The standard InChI is InChI=1S/C20H20N4O3/c1-14-19(24(26)27)15(2)23(22-14)13-12-21-20(25)18-10-8-17(9-11-18)16-6-4-3-5-7-16/h3-11H,12-13H2,1-2H3,(H,21,25). The van der Waals surface area contributed by atoms with E-state index in [1.54, 1.807) is 30.7 Å². The van der Waals surface area contributed by atoms with Gasteiger partial charge >= 0.3 is 5.69 Å². The van der Waals surface area contributed by atoms with Crippen LogP contribution in [0.1, 0.15) is 21.7 Å². The lowest BCUT2D eigenvalue weighted by Crippen LogP contribution is -2.27. The predicted octanol–water partition coefficient (Wildman–Crippen LogP) is 3.51. The van der Waals surface area contributed by atoms with Crippen molar-refractivity contribution in [3.63, 3.8) is 0 Å². The Morgan fingerprint density at radius 1 is 1.07 bits per heavy atom. The highest BCUT2D eigenvalue weighted by Gasteiger charge is 2.21. The van der Waals surface area contributed by atoms with Crippen LogP contribution in [0.5, 0.6) is 0 Å². The minimum absolute atomic E-state index is 0.0258. The Bertz CT molecular complexity index is 963. The molecule has 3 aromatic rings. The SMILES string of the molecule is Cc1nn(CCNC(=O)c2ccc(-c3ccccc3)cc2)c(C)c1[N+](=O)[O-]. The van der Waals surface area contributed by atoms with E-state index in [1.165, 1.54) is 0 Å². The second kappa shape index (κ2) is 7.82. The van der Waals surface area contributed by atoms with E-state index in [0.29, 0.717) is 30.0 Å². The smallest absolute Gasteiger partial charge is 0.312 e. The zero-order chi connectivity index (χ0) is 19.4. The number of aromatic nitrogens is 2. The molecule has 1 heterocycles. The summed E-state index contributed by atoms with van der Waals surface area (Å²) in [5, 5.41) is 18.0. The van der Waals surface area contributed by atoms with Gasteiger partial charge in [0, 0.05) is 12.1 Å². The fraction of sp³-hybridized carbons (Fsp3) is 0.200. The zero-order valence-corrected chi connectivity index (χ0v) is 15.2. The summed E-state index contributed by atoms with van der Waals surface area (Å²) < 4.78 is 1.55. The molecule has 0 aliphatic heterocycles. The van der Waals surface area contributed by atoms with E-state index in [4.69, 9.17) is 0 Å². The number of benzene rings is 2. The summed E-state index contributed by atoms with van der Waals surface area (Å²) in [6.45, 7) is 3.96. The molecular formula is C20H20N4O3. The van der Waals surface area contributed by atoms with Crippen LogP contribution in [0.15, 0.2) is 54.6 Å². The van der Waals surface area contributed by atoms with E-state index in [2.05, 4.69) is 10.4 Å². The Kier molecular flexibility index (Phi) is 5.30. The molecule has 0 aliphatic carbocycles. The van der Waals surface area contributed by atoms with Crippen molar-refractivity contribution in [3.05, 3.63) is 81.7 Å². The Morgan fingerprint density at radius 3 is 2.30 bits per heavy atom. The van der Waals surface area contributed by atoms with Crippen molar-refractivity contribution in [1.29, 1.82) is 0 Å². The van der Waals surface area contributed by atoms with Crippen molar-refractivity contribution >= 4 is 11.6 Å². The van der Waals surface area contributed by atoms with Gasteiger partial charge in [0.1, 0.15) is 11.4 Å². The lowest BCUT2D eigenvalue weighted by molar-refractivity contribution is -0.386. The molecule has 0 fully saturated rings. The van der Waals surface area contributed by atoms with E-state index in [0.717, 1.165) is 11.1 Å². The van der Waals surface area contributed by atoms with Crippen molar-refractivity contribution in [3.8, 4) is 11.1 Å². The monoisotopic (exact) mass is 364 g/mol. The molecule has 138 valence electrons. The summed E-state index contributed by atoms with van der Waals surface area (Å²) in [5.41, 5.74) is 3.59. The summed E-state index contributed by atoms with van der Waals surface area (Å²) in [4.78, 5) is 22.9. The van der Waals surface area contributed by atoms with Crippen molar-refractivity contribution in [2.75, 3.05) is 6.54 Å². The maximum absolute atomic E-state index is 12.3. The minimum atomic E-state index is -0.430. The van der Waals surface area contributed by atoms with Gasteiger partial charge in [-0.1, -0.05) is 42.5 Å². The molecule has 7 heteroatoms. The number of hydrogen-bond donors (Lipinski definition) is 1. The molecule has 7 nitrogen and oxygen atoms in total. The number of aryl methyl sites for hydroxylation is 1. The normalized spacial score (nSPS) is 10.6. The molecule has 3 rings (SSSR count). The Morgan fingerprint density at radius 2 is 1.70 bits per heavy atom. The second-order valence-electron chi connectivity index (χ2n) is 6.20. The lowest BCUT2D eigenvalue weighted by atomic mass is 10.0. The van der Waals surface area contributed by atoms with Crippen LogP contribution >= 0.6 is 0 Å². The van der Waals surface area contributed by atoms with Crippen LogP contribution in [-0.2, 0) is 6.54 Å². The van der Waals surface area contributed by atoms with Crippen LogP contribution < -0.4 is 5.32 Å². The maximum atomic E-state index is 12.3. The van der Waals surface area contributed by atoms with Gasteiger partial charge in [-0.25, -0.2) is 0 Å². The van der Waals surface area contributed by atoms with Gasteiger partial charge in [-0.2, -0.15) is 5.10 Å². The topological polar surface area (TPSA) is 90.1 Å². The van der Waals surface area contributed by atoms with E-state index in [-0.39, 0.29) is 11.6 Å². The van der Waals surface area contributed by atoms with Gasteiger partial charge in [-0.15, -0.1) is 0 Å². The first-order valence-corrected chi connectivity index (χ1v) is 8.59. The third-order valence-corrected chi connectivity index (χ3v) is 4.39. The molecule has 1 aromatic heterocycles. The quantitative estimate of drug-likeness (QED) is 0.535. The summed E-state index contributed by atoms with van der Waals surface area (Å²) in [6.07, 6.45) is 0. The van der Waals surface area contributed by atoms with Crippen LogP contribution in [-0.4, -0.2) is 27.2 Å². The zero-order valence-electron chi connectivity index (χ0n) is 15.2. The average Bonchev–Trinajstić information content (AvgIpc) is 2.96. The van der Waals surface area contributed by atoms with Crippen LogP contribution in [0, 0.1) is 24.0 Å². The van der Waals surface area contributed by atoms with Gasteiger partial charge in [0.15, 0.2) is 0 Å². The summed E-state index contributed by atoms with van der Waals surface area (Å²) in [7, 11) is 0. The van der Waals surface area contributed by atoms with Crippen molar-refractivity contribution in [2.24, 2.45) is 0 Å². The molecule has 0 unspecified atom stereocenters. The molecule has 2 aromatic carbocycles. The minimum Gasteiger partial charge on any atom is -0.350 e. The molecule has 1 amide bonds. The first-order valence-electron chi connectivity index (χ1n) is 8.59. The van der Waals surface area contributed by atoms with Gasteiger partial charge in [-0.05, 0) is 37.1 Å². The highest BCUT2D eigenvalue weighted by Crippen LogP contribution is 2.21. The molecular weight excluding hydrogens is 344 g/mol. The van der Waals surface area contributed by atoms with Crippen LogP contribution in [0.4, 0.5) is 5.69 Å². The van der Waals surface area contributed by atoms with Gasteiger partial charge in [0.25, 0.3) is 5.91 Å². The van der Waals surface area contributed by atoms with Crippen LogP contribution in [0.3, 0.4) is 0 Å². The maximum Gasteiger partial charge on any atom is 0.312 e. The van der Waals surface area contributed by atoms with E-state index in [1.807, 2.05) is 42.5 Å². The molecule has 0 atom stereocenters. The highest BCUT2D eigenvalue weighted by molar-refractivity contribution is 5.94. The molecule has 0 bridgehead atoms. The average molecular weight is 364 g/mol. The van der Waals surface area contributed by atoms with Gasteiger partial charge in [0.2, 0.25) is 0 Å². The number of carbonyl (C=O) groups excluding carboxylic acids is 1. The number of rotatable bonds is 6.